The van der Waals surface area contributed by atoms with E-state index in [9.17, 15) is 14.7 Å². The molecular formula is C17H24N2O4. The minimum absolute atomic E-state index is 0.0320. The van der Waals surface area contributed by atoms with Gasteiger partial charge in [-0.25, -0.2) is 0 Å². The highest BCUT2D eigenvalue weighted by molar-refractivity contribution is 5.85. The number of β-amino-alcohol motifs (C(OH)–C–C–N with tert-alkyl or cyclic N) is 1. The fourth-order valence-electron chi connectivity index (χ4n) is 2.69. The van der Waals surface area contributed by atoms with Gasteiger partial charge in [0.2, 0.25) is 5.91 Å². The number of nitrogens with two attached hydrogens (primary N) is 1. The number of hydrogen-bond acceptors (Lipinski definition) is 4. The highest BCUT2D eigenvalue weighted by Crippen LogP contribution is 2.22. The van der Waals surface area contributed by atoms with E-state index >= 15 is 0 Å². The molecule has 1 aliphatic heterocycles. The Morgan fingerprint density at radius 2 is 2.00 bits per heavy atom. The Bertz CT molecular complexity index is 570. The molecule has 0 bridgehead atoms. The van der Waals surface area contributed by atoms with E-state index in [0.29, 0.717) is 19.4 Å². The number of ether oxygens (including phenoxy) is 1. The molecule has 0 saturated carbocycles. The molecule has 6 nitrogen and oxygen atoms in total. The summed E-state index contributed by atoms with van der Waals surface area (Å²) in [7, 11) is 0. The Kier molecular flexibility index (Phi) is 5.26. The molecule has 1 saturated heterocycles. The number of piperidine rings is 1. The number of carbonyl (C=O) groups excluding carboxylic acids is 2. The molecule has 6 heteroatoms. The zero-order valence-electron chi connectivity index (χ0n) is 13.6. The maximum absolute atomic E-state index is 12.4. The first kappa shape index (κ1) is 17.3. The zero-order valence-corrected chi connectivity index (χ0v) is 13.6. The second kappa shape index (κ2) is 7.00. The fraction of sp³-hybridized carbons (Fsp3) is 0.529. The number of primary amides is 1. The topological polar surface area (TPSA) is 92.9 Å². The maximum Gasteiger partial charge on any atom is 0.251 e. The standard InChI is InChI=1S/C17H24N2O4/c1-12(2)23-14-6-4-13(5-7-14)10-15(20)19-9-3-8-17(22,11-19)16(18)21/h4-7,12,22H,3,8-11H2,1-2H3,(H2,18,21)/t17-/m1/s1. The monoisotopic (exact) mass is 320 g/mol. The van der Waals surface area contributed by atoms with E-state index in [-0.39, 0.29) is 25.0 Å². The van der Waals surface area contributed by atoms with Crippen molar-refractivity contribution in [3.05, 3.63) is 29.8 Å². The molecule has 2 rings (SSSR count). The molecule has 0 aliphatic carbocycles. The molecule has 0 radical (unpaired) electrons. The van der Waals surface area contributed by atoms with Gasteiger partial charge in [0.15, 0.2) is 5.60 Å². The van der Waals surface area contributed by atoms with Crippen molar-refractivity contribution < 1.29 is 19.4 Å². The first-order chi connectivity index (χ1) is 10.8. The van der Waals surface area contributed by atoms with Gasteiger partial charge in [-0.15, -0.1) is 0 Å². The molecular weight excluding hydrogens is 296 g/mol. The van der Waals surface area contributed by atoms with Crippen molar-refractivity contribution in [3.63, 3.8) is 0 Å². The van der Waals surface area contributed by atoms with Crippen LogP contribution in [0.25, 0.3) is 0 Å². The van der Waals surface area contributed by atoms with Crippen molar-refractivity contribution in [1.82, 2.24) is 4.90 Å². The van der Waals surface area contributed by atoms with Crippen molar-refractivity contribution in [3.8, 4) is 5.75 Å². The number of hydrogen-bond donors (Lipinski definition) is 2. The molecule has 126 valence electrons. The summed E-state index contributed by atoms with van der Waals surface area (Å²) in [4.78, 5) is 25.2. The first-order valence-corrected chi connectivity index (χ1v) is 7.86. The highest BCUT2D eigenvalue weighted by atomic mass is 16.5. The quantitative estimate of drug-likeness (QED) is 0.841. The summed E-state index contributed by atoms with van der Waals surface area (Å²) in [5, 5.41) is 10.2. The first-order valence-electron chi connectivity index (χ1n) is 7.86. The summed E-state index contributed by atoms with van der Waals surface area (Å²) in [6, 6.07) is 7.36. The van der Waals surface area contributed by atoms with E-state index in [0.717, 1.165) is 11.3 Å². The van der Waals surface area contributed by atoms with Gasteiger partial charge in [0.1, 0.15) is 5.75 Å². The van der Waals surface area contributed by atoms with Crippen LogP contribution in [0.5, 0.6) is 5.75 Å². The molecule has 1 atom stereocenters. The van der Waals surface area contributed by atoms with Crippen molar-refractivity contribution in [2.45, 2.75) is 44.8 Å². The lowest BCUT2D eigenvalue weighted by molar-refractivity contribution is -0.148. The molecule has 1 aliphatic rings. The van der Waals surface area contributed by atoms with Gasteiger partial charge in [-0.1, -0.05) is 12.1 Å². The van der Waals surface area contributed by atoms with E-state index in [4.69, 9.17) is 10.5 Å². The van der Waals surface area contributed by atoms with Crippen molar-refractivity contribution in [2.24, 2.45) is 5.73 Å². The molecule has 1 heterocycles. The van der Waals surface area contributed by atoms with Crippen LogP contribution in [-0.2, 0) is 16.0 Å². The van der Waals surface area contributed by atoms with Crippen LogP contribution in [0, 0.1) is 0 Å². The molecule has 0 spiro atoms. The third kappa shape index (κ3) is 4.45. The summed E-state index contributed by atoms with van der Waals surface area (Å²) >= 11 is 0. The Hall–Kier alpha value is -2.08. The third-order valence-corrected chi connectivity index (χ3v) is 3.93. The third-order valence-electron chi connectivity index (χ3n) is 3.93. The van der Waals surface area contributed by atoms with Crippen LogP contribution < -0.4 is 10.5 Å². The van der Waals surface area contributed by atoms with Gasteiger partial charge in [-0.3, -0.25) is 9.59 Å². The van der Waals surface area contributed by atoms with Gasteiger partial charge in [0, 0.05) is 6.54 Å². The summed E-state index contributed by atoms with van der Waals surface area (Å²) in [5.74, 6) is -0.135. The summed E-state index contributed by atoms with van der Waals surface area (Å²) in [6.45, 7) is 4.40. The van der Waals surface area contributed by atoms with E-state index < -0.39 is 11.5 Å². The number of carbonyl (C=O) groups is 2. The van der Waals surface area contributed by atoms with Crippen LogP contribution in [0.2, 0.25) is 0 Å². The maximum atomic E-state index is 12.4. The second-order valence-electron chi connectivity index (χ2n) is 6.30. The van der Waals surface area contributed by atoms with Crippen LogP contribution >= 0.6 is 0 Å². The van der Waals surface area contributed by atoms with Gasteiger partial charge in [-0.2, -0.15) is 0 Å². The number of likely N-dealkylation sites (tertiary alicyclic amines) is 1. The smallest absolute Gasteiger partial charge is 0.251 e. The Labute approximate surface area is 136 Å². The molecule has 0 aromatic heterocycles. The normalized spacial score (nSPS) is 21.3. The Morgan fingerprint density at radius 3 is 2.57 bits per heavy atom. The molecule has 0 unspecified atom stereocenters. The van der Waals surface area contributed by atoms with Gasteiger partial charge in [0.05, 0.1) is 19.1 Å². The van der Waals surface area contributed by atoms with Gasteiger partial charge < -0.3 is 20.5 Å². The second-order valence-corrected chi connectivity index (χ2v) is 6.30. The molecule has 2 amide bonds. The van der Waals surface area contributed by atoms with Gasteiger partial charge in [-0.05, 0) is 44.4 Å². The van der Waals surface area contributed by atoms with Crippen LogP contribution in [-0.4, -0.2) is 46.6 Å². The van der Waals surface area contributed by atoms with Crippen molar-refractivity contribution >= 4 is 11.8 Å². The van der Waals surface area contributed by atoms with Crippen LogP contribution in [0.15, 0.2) is 24.3 Å². The molecule has 1 fully saturated rings. The SMILES string of the molecule is CC(C)Oc1ccc(CC(=O)N2CCC[C@](O)(C(N)=O)C2)cc1. The average molecular weight is 320 g/mol. The van der Waals surface area contributed by atoms with E-state index in [2.05, 4.69) is 0 Å². The number of amides is 2. The summed E-state index contributed by atoms with van der Waals surface area (Å²) in [5.41, 5.74) is 4.48. The van der Waals surface area contributed by atoms with Crippen LogP contribution in [0.3, 0.4) is 0 Å². The lowest BCUT2D eigenvalue weighted by Crippen LogP contribution is -2.57. The molecule has 1 aromatic rings. The van der Waals surface area contributed by atoms with Gasteiger partial charge >= 0.3 is 0 Å². The van der Waals surface area contributed by atoms with E-state index in [1.807, 2.05) is 38.1 Å². The highest BCUT2D eigenvalue weighted by Gasteiger charge is 2.40. The zero-order chi connectivity index (χ0) is 17.0. The van der Waals surface area contributed by atoms with Gasteiger partial charge in [0.25, 0.3) is 5.91 Å². The Balaban J connectivity index is 1.97. The number of benzene rings is 1. The number of nitrogens with zero attached hydrogens (tertiary/aromatic N) is 1. The molecule has 23 heavy (non-hydrogen) atoms. The largest absolute Gasteiger partial charge is 0.491 e. The number of aliphatic hydroxyl groups is 1. The Morgan fingerprint density at radius 1 is 1.35 bits per heavy atom. The van der Waals surface area contributed by atoms with E-state index in [1.54, 1.807) is 0 Å². The predicted molar refractivity (Wildman–Crippen MR) is 85.9 cm³/mol. The van der Waals surface area contributed by atoms with Crippen molar-refractivity contribution in [2.75, 3.05) is 13.1 Å². The summed E-state index contributed by atoms with van der Waals surface area (Å²) in [6.07, 6.45) is 1.18. The molecule has 3 N–H and O–H groups in total. The summed E-state index contributed by atoms with van der Waals surface area (Å²) < 4.78 is 5.56. The minimum atomic E-state index is -1.61. The number of rotatable bonds is 5. The predicted octanol–water partition coefficient (Wildman–Crippen LogP) is 0.855. The van der Waals surface area contributed by atoms with E-state index in [1.165, 1.54) is 4.90 Å². The average Bonchev–Trinajstić information content (AvgIpc) is 2.48. The van der Waals surface area contributed by atoms with Crippen LogP contribution in [0.4, 0.5) is 0 Å². The fourth-order valence-corrected chi connectivity index (χ4v) is 2.69. The molecule has 1 aromatic carbocycles. The van der Waals surface area contributed by atoms with Crippen molar-refractivity contribution in [1.29, 1.82) is 0 Å². The lowest BCUT2D eigenvalue weighted by Gasteiger charge is -2.37. The lowest BCUT2D eigenvalue weighted by atomic mass is 9.92. The van der Waals surface area contributed by atoms with Crippen LogP contribution in [0.1, 0.15) is 32.3 Å². The minimum Gasteiger partial charge on any atom is -0.491 e.